The number of rotatable bonds is 6. The third kappa shape index (κ3) is 5.60. The van der Waals surface area contributed by atoms with Gasteiger partial charge in [0.05, 0.1) is 25.3 Å². The van der Waals surface area contributed by atoms with Gasteiger partial charge in [0.2, 0.25) is 10.0 Å². The first-order valence-electron chi connectivity index (χ1n) is 10.1. The molecule has 9 nitrogen and oxygen atoms in total. The molecular formula is C23H25FN4O5S. The molecule has 0 aliphatic heterocycles. The first kappa shape index (κ1) is 24.9. The topological polar surface area (TPSA) is 123 Å². The third-order valence-electron chi connectivity index (χ3n) is 4.92. The molecule has 0 aliphatic rings. The van der Waals surface area contributed by atoms with Crippen LogP contribution in [0.3, 0.4) is 0 Å². The van der Waals surface area contributed by atoms with E-state index in [2.05, 4.69) is 10.1 Å². The molecule has 0 unspecified atom stereocenters. The van der Waals surface area contributed by atoms with Crippen LogP contribution in [0.5, 0.6) is 5.75 Å². The average molecular weight is 489 g/mol. The molecule has 0 spiro atoms. The highest BCUT2D eigenvalue weighted by atomic mass is 32.2. The molecule has 2 aromatic carbocycles. The Morgan fingerprint density at radius 1 is 1.15 bits per heavy atom. The fourth-order valence-electron chi connectivity index (χ4n) is 3.36. The van der Waals surface area contributed by atoms with Crippen molar-refractivity contribution in [1.82, 2.24) is 14.4 Å². The minimum atomic E-state index is -3.56. The number of nitrogens with one attached hydrogen (secondary N) is 2. The maximum absolute atomic E-state index is 14.9. The van der Waals surface area contributed by atoms with Crippen molar-refractivity contribution in [1.29, 1.82) is 0 Å². The first-order chi connectivity index (χ1) is 15.8. The van der Waals surface area contributed by atoms with Gasteiger partial charge < -0.3 is 4.74 Å². The van der Waals surface area contributed by atoms with E-state index in [9.17, 15) is 22.4 Å². The van der Waals surface area contributed by atoms with Crippen LogP contribution in [0.2, 0.25) is 0 Å². The predicted molar refractivity (Wildman–Crippen MR) is 129 cm³/mol. The molecule has 1 heterocycles. The molecule has 2 N–H and O–H groups in total. The Morgan fingerprint density at radius 3 is 2.41 bits per heavy atom. The minimum absolute atomic E-state index is 0.0721. The molecule has 0 fully saturated rings. The molecule has 0 radical (unpaired) electrons. The Labute approximate surface area is 196 Å². The zero-order chi connectivity index (χ0) is 25.3. The number of sulfonamides is 1. The number of aromatic nitrogens is 2. The van der Waals surface area contributed by atoms with Gasteiger partial charge in [-0.25, -0.2) is 22.4 Å². The van der Waals surface area contributed by atoms with Crippen molar-refractivity contribution in [2.75, 3.05) is 13.4 Å². The molecule has 0 saturated heterocycles. The van der Waals surface area contributed by atoms with E-state index in [0.717, 1.165) is 18.0 Å². The van der Waals surface area contributed by atoms with Gasteiger partial charge in [-0.2, -0.15) is 5.10 Å². The van der Waals surface area contributed by atoms with Crippen molar-refractivity contribution in [2.24, 2.45) is 5.10 Å². The fourth-order valence-corrected chi connectivity index (χ4v) is 3.60. The second kappa shape index (κ2) is 9.26. The maximum Gasteiger partial charge on any atom is 0.332 e. The summed E-state index contributed by atoms with van der Waals surface area (Å²) in [6, 6.07) is 9.05. The number of hydrogen-bond acceptors (Lipinski definition) is 6. The number of ether oxygens (including phenoxy) is 1. The molecule has 0 amide bonds. The van der Waals surface area contributed by atoms with Crippen LogP contribution in [0.1, 0.15) is 31.9 Å². The Bertz CT molecular complexity index is 1480. The zero-order valence-corrected chi connectivity index (χ0v) is 20.2. The predicted octanol–water partition coefficient (Wildman–Crippen LogP) is 2.52. The van der Waals surface area contributed by atoms with Gasteiger partial charge in [-0.3, -0.25) is 14.3 Å². The summed E-state index contributed by atoms with van der Waals surface area (Å²) in [6.45, 7) is 5.93. The Morgan fingerprint density at radius 2 is 1.85 bits per heavy atom. The summed E-state index contributed by atoms with van der Waals surface area (Å²) in [5.74, 6) is -0.129. The Hall–Kier alpha value is -3.73. The van der Waals surface area contributed by atoms with Gasteiger partial charge in [-0.15, -0.1) is 0 Å². The number of halogens is 1. The van der Waals surface area contributed by atoms with Gasteiger partial charge in [0.25, 0.3) is 5.56 Å². The molecule has 0 saturated carbocycles. The largest absolute Gasteiger partial charge is 0.496 e. The van der Waals surface area contributed by atoms with Crippen molar-refractivity contribution < 1.29 is 17.5 Å². The monoisotopic (exact) mass is 488 g/mol. The van der Waals surface area contributed by atoms with E-state index in [1.807, 2.05) is 25.6 Å². The van der Waals surface area contributed by atoms with Crippen molar-refractivity contribution >= 4 is 16.2 Å². The van der Waals surface area contributed by atoms with Crippen LogP contribution < -0.4 is 20.8 Å². The lowest BCUT2D eigenvalue weighted by molar-refractivity contribution is 0.399. The smallest absolute Gasteiger partial charge is 0.332 e. The van der Waals surface area contributed by atoms with Crippen LogP contribution in [0, 0.1) is 5.82 Å². The fraction of sp³-hybridized carbons (Fsp3) is 0.261. The number of nitrogens with zero attached hydrogens (tertiary/aromatic N) is 2. The van der Waals surface area contributed by atoms with E-state index in [1.165, 1.54) is 36.1 Å². The lowest BCUT2D eigenvalue weighted by Gasteiger charge is -2.25. The molecule has 180 valence electrons. The molecule has 3 aromatic rings. The van der Waals surface area contributed by atoms with Crippen LogP contribution in [-0.2, 0) is 15.4 Å². The quantitative estimate of drug-likeness (QED) is 0.408. The van der Waals surface area contributed by atoms with E-state index in [4.69, 9.17) is 4.74 Å². The van der Waals surface area contributed by atoms with Crippen LogP contribution in [0.15, 0.2) is 57.3 Å². The standard InChI is InChI=1S/C23H25FN4O5S/c1-23(2,3)18-12-16(28-9-8-20(29)26-22(28)30)11-17(21(18)33-4)14-6-7-15(19(24)10-14)13-25-27-34(5,31)32/h6-13,27H,1-5H3,(H,26,29,30). The minimum Gasteiger partial charge on any atom is -0.496 e. The zero-order valence-electron chi connectivity index (χ0n) is 19.3. The van der Waals surface area contributed by atoms with E-state index in [-0.39, 0.29) is 5.56 Å². The van der Waals surface area contributed by atoms with E-state index >= 15 is 0 Å². The normalized spacial score (nSPS) is 12.2. The molecule has 0 aliphatic carbocycles. The Balaban J connectivity index is 2.21. The van der Waals surface area contributed by atoms with Crippen molar-refractivity contribution in [3.63, 3.8) is 0 Å². The number of benzene rings is 2. The summed E-state index contributed by atoms with van der Waals surface area (Å²) in [4.78, 5) is 28.1. The Kier molecular flexibility index (Phi) is 6.78. The molecular weight excluding hydrogens is 463 g/mol. The van der Waals surface area contributed by atoms with Gasteiger partial charge in [0.15, 0.2) is 0 Å². The molecule has 0 bridgehead atoms. The van der Waals surface area contributed by atoms with Gasteiger partial charge in [0, 0.05) is 29.0 Å². The van der Waals surface area contributed by atoms with E-state index in [0.29, 0.717) is 22.6 Å². The molecule has 1 aromatic heterocycles. The van der Waals surface area contributed by atoms with Crippen molar-refractivity contribution in [3.8, 4) is 22.6 Å². The summed E-state index contributed by atoms with van der Waals surface area (Å²) in [5.41, 5.74) is 0.768. The van der Waals surface area contributed by atoms with Crippen LogP contribution in [0.4, 0.5) is 4.39 Å². The highest BCUT2D eigenvalue weighted by Crippen LogP contribution is 2.41. The summed E-state index contributed by atoms with van der Waals surface area (Å²) in [7, 11) is -2.05. The molecule has 3 rings (SSSR count). The second-order valence-corrected chi connectivity index (χ2v) is 10.4. The van der Waals surface area contributed by atoms with E-state index < -0.39 is 32.5 Å². The number of aromatic amines is 1. The number of H-pyrrole nitrogens is 1. The van der Waals surface area contributed by atoms with Crippen molar-refractivity contribution in [2.45, 2.75) is 26.2 Å². The summed E-state index contributed by atoms with van der Waals surface area (Å²) >= 11 is 0. The van der Waals surface area contributed by atoms with Gasteiger partial charge in [-0.1, -0.05) is 26.8 Å². The molecule has 0 atom stereocenters. The first-order valence-corrected chi connectivity index (χ1v) is 12.0. The second-order valence-electron chi connectivity index (χ2n) is 8.66. The highest BCUT2D eigenvalue weighted by Gasteiger charge is 2.24. The lowest BCUT2D eigenvalue weighted by atomic mass is 9.83. The average Bonchev–Trinajstić information content (AvgIpc) is 2.72. The number of hydrogen-bond donors (Lipinski definition) is 2. The van der Waals surface area contributed by atoms with Crippen LogP contribution in [-0.4, -0.2) is 37.5 Å². The van der Waals surface area contributed by atoms with Gasteiger partial charge >= 0.3 is 5.69 Å². The summed E-state index contributed by atoms with van der Waals surface area (Å²) in [5, 5.41) is 3.53. The molecule has 11 heteroatoms. The SMILES string of the molecule is COc1c(-c2ccc(C=NNS(C)(=O)=O)c(F)c2)cc(-n2ccc(=O)[nH]c2=O)cc1C(C)(C)C. The molecule has 34 heavy (non-hydrogen) atoms. The van der Waals surface area contributed by atoms with E-state index in [1.54, 1.807) is 18.2 Å². The van der Waals surface area contributed by atoms with Crippen molar-refractivity contribution in [3.05, 3.63) is 80.4 Å². The third-order valence-corrected chi connectivity index (χ3v) is 5.36. The lowest BCUT2D eigenvalue weighted by Crippen LogP contribution is -2.27. The maximum atomic E-state index is 14.9. The van der Waals surface area contributed by atoms with Gasteiger partial charge in [-0.05, 0) is 35.2 Å². The number of hydrazone groups is 1. The van der Waals surface area contributed by atoms with Crippen LogP contribution in [0.25, 0.3) is 16.8 Å². The summed E-state index contributed by atoms with van der Waals surface area (Å²) < 4.78 is 44.1. The highest BCUT2D eigenvalue weighted by molar-refractivity contribution is 7.88. The summed E-state index contributed by atoms with van der Waals surface area (Å²) in [6.07, 6.45) is 3.37. The van der Waals surface area contributed by atoms with Crippen LogP contribution >= 0.6 is 0 Å². The van der Waals surface area contributed by atoms with Gasteiger partial charge in [0.1, 0.15) is 11.6 Å². The number of methoxy groups -OCH3 is 1.